The summed E-state index contributed by atoms with van der Waals surface area (Å²) < 4.78 is 12.9. The van der Waals surface area contributed by atoms with Crippen LogP contribution in [-0.4, -0.2) is 26.2 Å². The van der Waals surface area contributed by atoms with Gasteiger partial charge in [-0.05, 0) is 31.7 Å². The minimum atomic E-state index is -0.284. The van der Waals surface area contributed by atoms with Crippen molar-refractivity contribution in [2.75, 3.05) is 25.0 Å². The molecule has 0 radical (unpaired) electrons. The zero-order valence-electron chi connectivity index (χ0n) is 8.63. The van der Waals surface area contributed by atoms with Crippen molar-refractivity contribution in [1.82, 2.24) is 5.32 Å². The SMILES string of the molecule is CNC1CCN(c2ccc(F)cc2Cl)C1. The molecule has 0 bridgehead atoms. The van der Waals surface area contributed by atoms with Gasteiger partial charge in [0.15, 0.2) is 0 Å². The van der Waals surface area contributed by atoms with Crippen molar-refractivity contribution < 1.29 is 4.39 Å². The molecule has 0 spiro atoms. The first-order chi connectivity index (χ1) is 7.20. The lowest BCUT2D eigenvalue weighted by Gasteiger charge is -2.19. The quantitative estimate of drug-likeness (QED) is 0.836. The Kier molecular flexibility index (Phi) is 3.12. The highest BCUT2D eigenvalue weighted by molar-refractivity contribution is 6.33. The van der Waals surface area contributed by atoms with Gasteiger partial charge in [-0.3, -0.25) is 0 Å². The Hall–Kier alpha value is -0.800. The van der Waals surface area contributed by atoms with Gasteiger partial charge in [0.2, 0.25) is 0 Å². The minimum absolute atomic E-state index is 0.284. The predicted octanol–water partition coefficient (Wildman–Crippen LogP) is 2.28. The van der Waals surface area contributed by atoms with Crippen LogP contribution in [0.15, 0.2) is 18.2 Å². The van der Waals surface area contributed by atoms with Crippen LogP contribution in [-0.2, 0) is 0 Å². The third kappa shape index (κ3) is 2.24. The fourth-order valence-corrected chi connectivity index (χ4v) is 2.24. The third-order valence-corrected chi connectivity index (χ3v) is 3.15. The molecular weight excluding hydrogens is 215 g/mol. The molecule has 15 heavy (non-hydrogen) atoms. The maximum absolute atomic E-state index is 12.9. The molecule has 1 atom stereocenters. The van der Waals surface area contributed by atoms with Gasteiger partial charge in [-0.15, -0.1) is 0 Å². The van der Waals surface area contributed by atoms with Crippen molar-refractivity contribution in [3.63, 3.8) is 0 Å². The zero-order chi connectivity index (χ0) is 10.8. The van der Waals surface area contributed by atoms with Crippen LogP contribution in [0, 0.1) is 5.82 Å². The van der Waals surface area contributed by atoms with Crippen LogP contribution in [0.4, 0.5) is 10.1 Å². The van der Waals surface area contributed by atoms with Crippen molar-refractivity contribution in [3.05, 3.63) is 29.0 Å². The van der Waals surface area contributed by atoms with E-state index in [1.54, 1.807) is 6.07 Å². The van der Waals surface area contributed by atoms with Gasteiger partial charge in [0.05, 0.1) is 10.7 Å². The fraction of sp³-hybridized carbons (Fsp3) is 0.455. The van der Waals surface area contributed by atoms with Gasteiger partial charge in [0.1, 0.15) is 5.82 Å². The molecular formula is C11H14ClFN2. The van der Waals surface area contributed by atoms with E-state index >= 15 is 0 Å². The van der Waals surface area contributed by atoms with Gasteiger partial charge in [0, 0.05) is 19.1 Å². The van der Waals surface area contributed by atoms with Crippen LogP contribution in [0.1, 0.15) is 6.42 Å². The summed E-state index contributed by atoms with van der Waals surface area (Å²) in [6.07, 6.45) is 1.10. The molecule has 1 aromatic rings. The molecule has 1 aliphatic rings. The van der Waals surface area contributed by atoms with Gasteiger partial charge >= 0.3 is 0 Å². The second kappa shape index (κ2) is 4.37. The second-order valence-corrected chi connectivity index (χ2v) is 4.22. The largest absolute Gasteiger partial charge is 0.369 e. The van der Waals surface area contributed by atoms with Crippen LogP contribution in [0.2, 0.25) is 5.02 Å². The highest BCUT2D eigenvalue weighted by Gasteiger charge is 2.22. The molecule has 1 aliphatic heterocycles. The number of nitrogens with one attached hydrogen (secondary N) is 1. The van der Waals surface area contributed by atoms with E-state index in [0.717, 1.165) is 25.2 Å². The molecule has 0 aliphatic carbocycles. The summed E-state index contributed by atoms with van der Waals surface area (Å²) in [6, 6.07) is 5.07. The molecule has 0 aromatic heterocycles. The molecule has 2 nitrogen and oxygen atoms in total. The van der Waals surface area contributed by atoms with E-state index in [-0.39, 0.29) is 5.82 Å². The van der Waals surface area contributed by atoms with Crippen LogP contribution in [0.5, 0.6) is 0 Å². The molecule has 1 heterocycles. The van der Waals surface area contributed by atoms with Crippen molar-refractivity contribution in [1.29, 1.82) is 0 Å². The number of hydrogen-bond donors (Lipinski definition) is 1. The minimum Gasteiger partial charge on any atom is -0.369 e. The van der Waals surface area contributed by atoms with Gasteiger partial charge in [-0.1, -0.05) is 11.6 Å². The zero-order valence-corrected chi connectivity index (χ0v) is 9.39. The lowest BCUT2D eigenvalue weighted by atomic mass is 10.3. The Morgan fingerprint density at radius 2 is 2.33 bits per heavy atom. The molecule has 1 aromatic carbocycles. The first kappa shape index (κ1) is 10.7. The predicted molar refractivity (Wildman–Crippen MR) is 61.1 cm³/mol. The molecule has 1 unspecified atom stereocenters. The molecule has 1 saturated heterocycles. The van der Waals surface area contributed by atoms with E-state index in [4.69, 9.17) is 11.6 Å². The van der Waals surface area contributed by atoms with Crippen molar-refractivity contribution in [2.45, 2.75) is 12.5 Å². The van der Waals surface area contributed by atoms with Gasteiger partial charge in [-0.2, -0.15) is 0 Å². The van der Waals surface area contributed by atoms with E-state index in [1.165, 1.54) is 12.1 Å². The first-order valence-electron chi connectivity index (χ1n) is 5.08. The molecule has 1 N–H and O–H groups in total. The normalized spacial score (nSPS) is 21.0. The van der Waals surface area contributed by atoms with Crippen LogP contribution >= 0.6 is 11.6 Å². The second-order valence-electron chi connectivity index (χ2n) is 3.82. The molecule has 1 fully saturated rings. The fourth-order valence-electron chi connectivity index (χ4n) is 1.95. The van der Waals surface area contributed by atoms with E-state index in [9.17, 15) is 4.39 Å². The van der Waals surface area contributed by atoms with E-state index < -0.39 is 0 Å². The maximum atomic E-state index is 12.9. The molecule has 82 valence electrons. The average Bonchev–Trinajstić information content (AvgIpc) is 2.66. The Bertz CT molecular complexity index is 356. The number of hydrogen-bond acceptors (Lipinski definition) is 2. The summed E-state index contributed by atoms with van der Waals surface area (Å²) in [6.45, 7) is 1.90. The standard InChI is InChI=1S/C11H14ClFN2/c1-14-9-4-5-15(7-9)11-3-2-8(13)6-10(11)12/h2-3,6,9,14H,4-5,7H2,1H3. The van der Waals surface area contributed by atoms with Crippen LogP contribution in [0.3, 0.4) is 0 Å². The Labute approximate surface area is 94.0 Å². The number of halogens is 2. The summed E-state index contributed by atoms with van der Waals surface area (Å²) in [5.74, 6) is -0.284. The monoisotopic (exact) mass is 228 g/mol. The summed E-state index contributed by atoms with van der Waals surface area (Å²) in [5, 5.41) is 3.73. The van der Waals surface area contributed by atoms with Gasteiger partial charge < -0.3 is 10.2 Å². The average molecular weight is 229 g/mol. The number of rotatable bonds is 2. The summed E-state index contributed by atoms with van der Waals surface area (Å²) in [7, 11) is 1.96. The lowest BCUT2D eigenvalue weighted by molar-refractivity contribution is 0.616. The third-order valence-electron chi connectivity index (χ3n) is 2.85. The van der Waals surface area contributed by atoms with E-state index in [0.29, 0.717) is 11.1 Å². The topological polar surface area (TPSA) is 15.3 Å². The Morgan fingerprint density at radius 1 is 1.53 bits per heavy atom. The summed E-state index contributed by atoms with van der Waals surface area (Å²) in [5.41, 5.74) is 0.927. The first-order valence-corrected chi connectivity index (χ1v) is 5.46. The van der Waals surface area contributed by atoms with E-state index in [2.05, 4.69) is 10.2 Å². The molecule has 2 rings (SSSR count). The highest BCUT2D eigenvalue weighted by Crippen LogP contribution is 2.29. The van der Waals surface area contributed by atoms with Crippen LogP contribution in [0.25, 0.3) is 0 Å². The summed E-state index contributed by atoms with van der Waals surface area (Å²) >= 11 is 6.00. The molecule has 4 heteroatoms. The highest BCUT2D eigenvalue weighted by atomic mass is 35.5. The lowest BCUT2D eigenvalue weighted by Crippen LogP contribution is -2.29. The summed E-state index contributed by atoms with van der Waals surface area (Å²) in [4.78, 5) is 2.18. The number of nitrogens with zero attached hydrogens (tertiary/aromatic N) is 1. The van der Waals surface area contributed by atoms with Crippen molar-refractivity contribution >= 4 is 17.3 Å². The van der Waals surface area contributed by atoms with Crippen molar-refractivity contribution in [3.8, 4) is 0 Å². The molecule has 0 saturated carbocycles. The number of anilines is 1. The van der Waals surface area contributed by atoms with E-state index in [1.807, 2.05) is 7.05 Å². The number of benzene rings is 1. The Morgan fingerprint density at radius 3 is 2.93 bits per heavy atom. The van der Waals surface area contributed by atoms with Crippen molar-refractivity contribution in [2.24, 2.45) is 0 Å². The van der Waals surface area contributed by atoms with Gasteiger partial charge in [-0.25, -0.2) is 4.39 Å². The Balaban J connectivity index is 2.17. The maximum Gasteiger partial charge on any atom is 0.124 e. The number of likely N-dealkylation sites (N-methyl/N-ethyl adjacent to an activating group) is 1. The molecule has 0 amide bonds. The van der Waals surface area contributed by atoms with Gasteiger partial charge in [0.25, 0.3) is 0 Å². The van der Waals surface area contributed by atoms with Crippen LogP contribution < -0.4 is 10.2 Å². The smallest absolute Gasteiger partial charge is 0.124 e.